The highest BCUT2D eigenvalue weighted by Gasteiger charge is 2.41. The molecule has 0 amide bonds. The van der Waals surface area contributed by atoms with Crippen LogP contribution in [0.25, 0.3) is 0 Å². The number of hydrogen-bond donors (Lipinski definition) is 0. The van der Waals surface area contributed by atoms with Gasteiger partial charge in [0.15, 0.2) is 0 Å². The highest BCUT2D eigenvalue weighted by Crippen LogP contribution is 2.34. The van der Waals surface area contributed by atoms with Gasteiger partial charge in [-0.1, -0.05) is 22.0 Å². The molecular formula is C11H17BrO2. The van der Waals surface area contributed by atoms with Crippen molar-refractivity contribution < 1.29 is 9.53 Å². The minimum absolute atomic E-state index is 0.0237. The molecule has 0 aromatic rings. The second-order valence-electron chi connectivity index (χ2n) is 4.65. The van der Waals surface area contributed by atoms with Crippen LogP contribution in [-0.2, 0) is 9.53 Å². The van der Waals surface area contributed by atoms with Crippen LogP contribution in [0.1, 0.15) is 27.2 Å². The lowest BCUT2D eigenvalue weighted by Crippen LogP contribution is -2.30. The molecule has 2 nitrogen and oxygen atoms in total. The summed E-state index contributed by atoms with van der Waals surface area (Å²) in [6, 6.07) is 0. The normalized spacial score (nSPS) is 33.4. The van der Waals surface area contributed by atoms with Crippen molar-refractivity contribution in [2.24, 2.45) is 5.92 Å². The summed E-state index contributed by atoms with van der Waals surface area (Å²) in [5.74, 6) is 0.311. The Morgan fingerprint density at radius 3 is 2.57 bits per heavy atom. The Morgan fingerprint density at radius 1 is 1.57 bits per heavy atom. The van der Waals surface area contributed by atoms with E-state index in [4.69, 9.17) is 4.74 Å². The van der Waals surface area contributed by atoms with E-state index >= 15 is 0 Å². The Kier molecular flexibility index (Phi) is 3.53. The molecule has 0 spiro atoms. The molecule has 0 aliphatic heterocycles. The van der Waals surface area contributed by atoms with Crippen molar-refractivity contribution in [3.8, 4) is 0 Å². The maximum Gasteiger partial charge on any atom is 0.149 e. The van der Waals surface area contributed by atoms with Crippen LogP contribution in [0.15, 0.2) is 12.7 Å². The van der Waals surface area contributed by atoms with Crippen LogP contribution in [0.4, 0.5) is 0 Å². The van der Waals surface area contributed by atoms with Crippen LogP contribution < -0.4 is 0 Å². The second-order valence-corrected chi connectivity index (χ2v) is 5.64. The van der Waals surface area contributed by atoms with Crippen molar-refractivity contribution >= 4 is 21.7 Å². The van der Waals surface area contributed by atoms with Crippen molar-refractivity contribution in [2.75, 3.05) is 0 Å². The fourth-order valence-electron chi connectivity index (χ4n) is 1.70. The van der Waals surface area contributed by atoms with E-state index in [1.165, 1.54) is 0 Å². The lowest BCUT2D eigenvalue weighted by atomic mass is 10.1. The van der Waals surface area contributed by atoms with Crippen molar-refractivity contribution in [1.29, 1.82) is 0 Å². The number of carbonyl (C=O) groups is 1. The Labute approximate surface area is 93.8 Å². The predicted octanol–water partition coefficient (Wildman–Crippen LogP) is 2.71. The van der Waals surface area contributed by atoms with Crippen LogP contribution >= 0.6 is 15.9 Å². The fourth-order valence-corrected chi connectivity index (χ4v) is 2.44. The number of halogens is 1. The van der Waals surface area contributed by atoms with Gasteiger partial charge in [0, 0.05) is 12.3 Å². The topological polar surface area (TPSA) is 26.3 Å². The number of ketones is 1. The van der Waals surface area contributed by atoms with Gasteiger partial charge in [0.25, 0.3) is 0 Å². The summed E-state index contributed by atoms with van der Waals surface area (Å²) in [5.41, 5.74) is -0.205. The van der Waals surface area contributed by atoms with Crippen molar-refractivity contribution in [2.45, 2.75) is 43.7 Å². The van der Waals surface area contributed by atoms with Crippen LogP contribution in [0.5, 0.6) is 0 Å². The molecular weight excluding hydrogens is 244 g/mol. The number of rotatable bonds is 2. The third-order valence-electron chi connectivity index (χ3n) is 2.25. The SMILES string of the molecule is C=C[C@H]1C(Br)C(=O)C[C@@H]1OC(C)(C)C. The summed E-state index contributed by atoms with van der Waals surface area (Å²) in [6.07, 6.45) is 2.27. The Hall–Kier alpha value is -0.150. The first-order valence-corrected chi connectivity index (χ1v) is 5.74. The number of carbonyl (C=O) groups excluding carboxylic acids is 1. The van der Waals surface area contributed by atoms with Gasteiger partial charge in [-0.15, -0.1) is 6.58 Å². The highest BCUT2D eigenvalue weighted by molar-refractivity contribution is 9.10. The van der Waals surface area contributed by atoms with E-state index < -0.39 is 0 Å². The van der Waals surface area contributed by atoms with Gasteiger partial charge in [-0.25, -0.2) is 0 Å². The molecule has 3 heteroatoms. The molecule has 3 atom stereocenters. The van der Waals surface area contributed by atoms with Gasteiger partial charge in [0.2, 0.25) is 0 Å². The van der Waals surface area contributed by atoms with E-state index in [2.05, 4.69) is 22.5 Å². The van der Waals surface area contributed by atoms with Gasteiger partial charge >= 0.3 is 0 Å². The minimum Gasteiger partial charge on any atom is -0.372 e. The molecule has 80 valence electrons. The highest BCUT2D eigenvalue weighted by atomic mass is 79.9. The molecule has 0 saturated heterocycles. The number of hydrogen-bond acceptors (Lipinski definition) is 2. The summed E-state index contributed by atoms with van der Waals surface area (Å²) in [4.78, 5) is 11.3. The zero-order valence-electron chi connectivity index (χ0n) is 8.92. The average Bonchev–Trinajstić information content (AvgIpc) is 2.24. The monoisotopic (exact) mass is 260 g/mol. The first-order valence-electron chi connectivity index (χ1n) is 4.82. The van der Waals surface area contributed by atoms with E-state index in [0.29, 0.717) is 6.42 Å². The first kappa shape index (κ1) is 11.9. The maximum atomic E-state index is 11.5. The number of Topliss-reactive ketones (excluding diaryl/α,β-unsaturated/α-hetero) is 1. The van der Waals surface area contributed by atoms with E-state index in [1.807, 2.05) is 20.8 Å². The second kappa shape index (κ2) is 4.15. The largest absolute Gasteiger partial charge is 0.372 e. The van der Waals surface area contributed by atoms with Gasteiger partial charge in [-0.2, -0.15) is 0 Å². The fraction of sp³-hybridized carbons (Fsp3) is 0.727. The van der Waals surface area contributed by atoms with Gasteiger partial charge in [0.1, 0.15) is 5.78 Å². The quantitative estimate of drug-likeness (QED) is 0.564. The molecule has 1 unspecified atom stereocenters. The van der Waals surface area contributed by atoms with E-state index in [9.17, 15) is 4.79 Å². The van der Waals surface area contributed by atoms with Crippen LogP contribution in [0.2, 0.25) is 0 Å². The summed E-state index contributed by atoms with van der Waals surface area (Å²) < 4.78 is 5.82. The Morgan fingerprint density at radius 2 is 2.14 bits per heavy atom. The Balaban J connectivity index is 2.71. The number of alkyl halides is 1. The van der Waals surface area contributed by atoms with Crippen LogP contribution in [0, 0.1) is 5.92 Å². The van der Waals surface area contributed by atoms with Crippen LogP contribution in [0.3, 0.4) is 0 Å². The molecule has 14 heavy (non-hydrogen) atoms. The van der Waals surface area contributed by atoms with E-state index in [-0.39, 0.29) is 28.2 Å². The molecule has 1 saturated carbocycles. The van der Waals surface area contributed by atoms with Crippen molar-refractivity contribution in [3.63, 3.8) is 0 Å². The zero-order valence-corrected chi connectivity index (χ0v) is 10.5. The molecule has 1 aliphatic carbocycles. The molecule has 0 aromatic carbocycles. The van der Waals surface area contributed by atoms with Gasteiger partial charge in [0.05, 0.1) is 16.5 Å². The van der Waals surface area contributed by atoms with Crippen molar-refractivity contribution in [1.82, 2.24) is 0 Å². The molecule has 0 radical (unpaired) electrons. The molecule has 0 aromatic heterocycles. The summed E-state index contributed by atoms with van der Waals surface area (Å²) in [5, 5.41) is 0. The zero-order chi connectivity index (χ0) is 10.9. The first-order chi connectivity index (χ1) is 6.35. The lowest BCUT2D eigenvalue weighted by molar-refractivity contribution is -0.119. The van der Waals surface area contributed by atoms with Gasteiger partial charge in [-0.05, 0) is 20.8 Å². The molecule has 0 bridgehead atoms. The predicted molar refractivity (Wildman–Crippen MR) is 60.7 cm³/mol. The van der Waals surface area contributed by atoms with Gasteiger partial charge < -0.3 is 4.74 Å². The number of ether oxygens (including phenoxy) is 1. The average molecular weight is 261 g/mol. The summed E-state index contributed by atoms with van der Waals surface area (Å²) in [6.45, 7) is 9.74. The molecule has 1 aliphatic rings. The summed E-state index contributed by atoms with van der Waals surface area (Å²) >= 11 is 3.38. The lowest BCUT2D eigenvalue weighted by Gasteiger charge is -2.27. The third kappa shape index (κ3) is 2.67. The maximum absolute atomic E-state index is 11.5. The standard InChI is InChI=1S/C11H17BrO2/c1-5-7-9(14-11(2,3)4)6-8(13)10(7)12/h5,7,9-10H,1,6H2,2-4H3/t7-,9+,10?/m1/s1. The summed E-state index contributed by atoms with van der Waals surface area (Å²) in [7, 11) is 0. The van der Waals surface area contributed by atoms with E-state index in [0.717, 1.165) is 0 Å². The van der Waals surface area contributed by atoms with Crippen LogP contribution in [-0.4, -0.2) is 22.3 Å². The molecule has 0 N–H and O–H groups in total. The smallest absolute Gasteiger partial charge is 0.149 e. The Bertz CT molecular complexity index is 242. The molecule has 1 rings (SSSR count). The van der Waals surface area contributed by atoms with E-state index in [1.54, 1.807) is 6.08 Å². The molecule has 1 fully saturated rings. The van der Waals surface area contributed by atoms with Gasteiger partial charge in [-0.3, -0.25) is 4.79 Å². The third-order valence-corrected chi connectivity index (χ3v) is 3.38. The van der Waals surface area contributed by atoms with Crippen molar-refractivity contribution in [3.05, 3.63) is 12.7 Å². The molecule has 0 heterocycles. The minimum atomic E-state index is -0.205.